The van der Waals surface area contributed by atoms with Crippen LogP contribution in [0.4, 0.5) is 0 Å². The van der Waals surface area contributed by atoms with Gasteiger partial charge in [0.05, 0.1) is 0 Å². The second-order valence-electron chi connectivity index (χ2n) is 3.82. The number of hydrogen-bond acceptors (Lipinski definition) is 1. The zero-order valence-electron chi connectivity index (χ0n) is 7.81. The number of rotatable bonds is 0. The van der Waals surface area contributed by atoms with Gasteiger partial charge in [-0.05, 0) is 71.5 Å². The Hall–Kier alpha value is -0.0900. The number of hydrogen-bond donors (Lipinski definition) is 1. The third-order valence-electron chi connectivity index (χ3n) is 2.69. The Bertz CT molecular complexity index is 333. The lowest BCUT2D eigenvalue weighted by Crippen LogP contribution is -2.19. The van der Waals surface area contributed by atoms with Gasteiger partial charge < -0.3 is 5.73 Å². The minimum absolute atomic E-state index is 0.274. The van der Waals surface area contributed by atoms with Crippen molar-refractivity contribution in [2.75, 3.05) is 0 Å². The van der Waals surface area contributed by atoms with Crippen LogP contribution in [0, 0.1) is 10.5 Å². The molecule has 0 fully saturated rings. The van der Waals surface area contributed by atoms with Crippen LogP contribution in [0.25, 0.3) is 0 Å². The molecule has 13 heavy (non-hydrogen) atoms. The molecule has 0 radical (unpaired) electrons. The van der Waals surface area contributed by atoms with E-state index in [1.165, 1.54) is 33.1 Å². The van der Waals surface area contributed by atoms with Crippen molar-refractivity contribution in [1.82, 2.24) is 0 Å². The molecule has 1 aliphatic rings. The summed E-state index contributed by atoms with van der Waals surface area (Å²) in [5.41, 5.74) is 10.3. The van der Waals surface area contributed by atoms with Gasteiger partial charge in [0.15, 0.2) is 0 Å². The van der Waals surface area contributed by atoms with Crippen LogP contribution in [-0.4, -0.2) is 0 Å². The number of fused-ring (bicyclic) bond motifs is 1. The summed E-state index contributed by atoms with van der Waals surface area (Å²) in [7, 11) is 0. The number of halogens is 1. The molecule has 0 amide bonds. The van der Waals surface area contributed by atoms with Gasteiger partial charge in [0, 0.05) is 9.61 Å². The summed E-state index contributed by atoms with van der Waals surface area (Å²) in [5, 5.41) is 0. The standard InChI is InChI=1S/C11H14IN/c1-7-5-8-3-2-4-10(13)11(8)9(12)6-7/h5-6,10H,2-4,13H2,1H3. The molecule has 0 aromatic heterocycles. The highest BCUT2D eigenvalue weighted by Crippen LogP contribution is 2.32. The molecule has 0 aliphatic heterocycles. The minimum Gasteiger partial charge on any atom is -0.324 e. The molecule has 0 bridgehead atoms. The maximum absolute atomic E-state index is 6.09. The lowest BCUT2D eigenvalue weighted by Gasteiger charge is -2.24. The van der Waals surface area contributed by atoms with Gasteiger partial charge in [-0.15, -0.1) is 0 Å². The van der Waals surface area contributed by atoms with Gasteiger partial charge in [-0.25, -0.2) is 0 Å². The maximum Gasteiger partial charge on any atom is 0.0308 e. The summed E-state index contributed by atoms with van der Waals surface area (Å²) in [4.78, 5) is 0. The van der Waals surface area contributed by atoms with E-state index in [1.54, 1.807) is 0 Å². The van der Waals surface area contributed by atoms with Crippen molar-refractivity contribution in [3.63, 3.8) is 0 Å². The molecule has 0 spiro atoms. The van der Waals surface area contributed by atoms with Crippen LogP contribution in [0.2, 0.25) is 0 Å². The first kappa shape index (κ1) is 9.46. The smallest absolute Gasteiger partial charge is 0.0308 e. The quantitative estimate of drug-likeness (QED) is 0.729. The van der Waals surface area contributed by atoms with Crippen LogP contribution in [0.1, 0.15) is 35.6 Å². The van der Waals surface area contributed by atoms with Crippen molar-refractivity contribution in [2.24, 2.45) is 5.73 Å². The molecule has 1 nitrogen and oxygen atoms in total. The Morgan fingerprint density at radius 3 is 3.00 bits per heavy atom. The summed E-state index contributed by atoms with van der Waals surface area (Å²) >= 11 is 2.40. The van der Waals surface area contributed by atoms with E-state index in [1.807, 2.05) is 0 Å². The van der Waals surface area contributed by atoms with Crippen molar-refractivity contribution < 1.29 is 0 Å². The summed E-state index contributed by atoms with van der Waals surface area (Å²) in [6.07, 6.45) is 3.60. The molecule has 1 aromatic carbocycles. The minimum atomic E-state index is 0.274. The maximum atomic E-state index is 6.09. The Morgan fingerprint density at radius 1 is 1.46 bits per heavy atom. The Balaban J connectivity index is 2.56. The van der Waals surface area contributed by atoms with Crippen LogP contribution in [-0.2, 0) is 6.42 Å². The normalized spacial score (nSPS) is 21.3. The largest absolute Gasteiger partial charge is 0.324 e. The molecule has 0 saturated carbocycles. The molecule has 1 atom stereocenters. The van der Waals surface area contributed by atoms with E-state index >= 15 is 0 Å². The predicted octanol–water partition coefficient (Wildman–Crippen LogP) is 2.94. The van der Waals surface area contributed by atoms with Gasteiger partial charge in [-0.3, -0.25) is 0 Å². The first-order valence-electron chi connectivity index (χ1n) is 4.73. The number of nitrogens with two attached hydrogens (primary N) is 1. The highest BCUT2D eigenvalue weighted by Gasteiger charge is 2.19. The molecular formula is C11H14IN. The number of aryl methyl sites for hydroxylation is 2. The van der Waals surface area contributed by atoms with E-state index in [4.69, 9.17) is 5.73 Å². The van der Waals surface area contributed by atoms with Gasteiger partial charge in [-0.1, -0.05) is 6.07 Å². The second kappa shape index (κ2) is 3.58. The molecule has 2 heteroatoms. The fraction of sp³-hybridized carbons (Fsp3) is 0.455. The van der Waals surface area contributed by atoms with Gasteiger partial charge in [0.2, 0.25) is 0 Å². The van der Waals surface area contributed by atoms with Crippen molar-refractivity contribution in [1.29, 1.82) is 0 Å². The molecule has 1 unspecified atom stereocenters. The van der Waals surface area contributed by atoms with E-state index < -0.39 is 0 Å². The highest BCUT2D eigenvalue weighted by molar-refractivity contribution is 14.1. The lowest BCUT2D eigenvalue weighted by atomic mass is 9.87. The van der Waals surface area contributed by atoms with Gasteiger partial charge in [0.25, 0.3) is 0 Å². The molecular weight excluding hydrogens is 273 g/mol. The SMILES string of the molecule is Cc1cc(I)c2c(c1)CCCC2N. The van der Waals surface area contributed by atoms with Crippen LogP contribution in [0.5, 0.6) is 0 Å². The zero-order chi connectivity index (χ0) is 9.42. The lowest BCUT2D eigenvalue weighted by molar-refractivity contribution is 0.567. The first-order chi connectivity index (χ1) is 6.18. The molecule has 0 saturated heterocycles. The van der Waals surface area contributed by atoms with E-state index in [0.29, 0.717) is 0 Å². The predicted molar refractivity (Wildman–Crippen MR) is 63.8 cm³/mol. The van der Waals surface area contributed by atoms with Gasteiger partial charge in [0.1, 0.15) is 0 Å². The number of benzene rings is 1. The summed E-state index contributed by atoms with van der Waals surface area (Å²) in [6, 6.07) is 4.79. The van der Waals surface area contributed by atoms with Gasteiger partial charge >= 0.3 is 0 Å². The summed E-state index contributed by atoms with van der Waals surface area (Å²) < 4.78 is 1.35. The van der Waals surface area contributed by atoms with E-state index in [9.17, 15) is 0 Å². The Labute approximate surface area is 92.9 Å². The van der Waals surface area contributed by atoms with Crippen LogP contribution >= 0.6 is 22.6 Å². The second-order valence-corrected chi connectivity index (χ2v) is 4.98. The first-order valence-corrected chi connectivity index (χ1v) is 5.81. The molecule has 1 aliphatic carbocycles. The van der Waals surface area contributed by atoms with Crippen LogP contribution in [0.15, 0.2) is 12.1 Å². The highest BCUT2D eigenvalue weighted by atomic mass is 127. The van der Waals surface area contributed by atoms with Crippen molar-refractivity contribution in [3.8, 4) is 0 Å². The monoisotopic (exact) mass is 287 g/mol. The summed E-state index contributed by atoms with van der Waals surface area (Å²) in [5.74, 6) is 0. The fourth-order valence-corrected chi connectivity index (χ4v) is 3.34. The molecule has 1 aromatic rings. The Kier molecular flexibility index (Phi) is 2.60. The summed E-state index contributed by atoms with van der Waals surface area (Å²) in [6.45, 7) is 2.16. The van der Waals surface area contributed by atoms with Crippen LogP contribution < -0.4 is 5.73 Å². The van der Waals surface area contributed by atoms with E-state index in [0.717, 1.165) is 6.42 Å². The van der Waals surface area contributed by atoms with Gasteiger partial charge in [-0.2, -0.15) is 0 Å². The average Bonchev–Trinajstić information content (AvgIpc) is 2.02. The van der Waals surface area contributed by atoms with Crippen molar-refractivity contribution in [2.45, 2.75) is 32.2 Å². The molecule has 70 valence electrons. The third kappa shape index (κ3) is 1.74. The van der Waals surface area contributed by atoms with E-state index in [-0.39, 0.29) is 6.04 Å². The topological polar surface area (TPSA) is 26.0 Å². The fourth-order valence-electron chi connectivity index (χ4n) is 2.10. The average molecular weight is 287 g/mol. The third-order valence-corrected chi connectivity index (χ3v) is 3.58. The zero-order valence-corrected chi connectivity index (χ0v) is 9.97. The van der Waals surface area contributed by atoms with E-state index in [2.05, 4.69) is 41.6 Å². The van der Waals surface area contributed by atoms with Crippen LogP contribution in [0.3, 0.4) is 0 Å². The van der Waals surface area contributed by atoms with Crippen molar-refractivity contribution >= 4 is 22.6 Å². The molecule has 2 N–H and O–H groups in total. The molecule has 0 heterocycles. The Morgan fingerprint density at radius 2 is 2.23 bits per heavy atom. The van der Waals surface area contributed by atoms with Crippen molar-refractivity contribution in [3.05, 3.63) is 32.4 Å². The molecule has 2 rings (SSSR count).